The van der Waals surface area contributed by atoms with E-state index in [4.69, 9.17) is 0 Å². The molecule has 2 aromatic rings. The molecule has 5 nitrogen and oxygen atoms in total. The van der Waals surface area contributed by atoms with Crippen LogP contribution in [0.3, 0.4) is 0 Å². The number of piperazine rings is 1. The Labute approximate surface area is 161 Å². The Morgan fingerprint density at radius 1 is 0.929 bits per heavy atom. The number of carbonyl (C=O) groups excluding carboxylic acids is 2. The molecular formula is C20H20F3N3O2. The summed E-state index contributed by atoms with van der Waals surface area (Å²) < 4.78 is 40.2. The smallest absolute Gasteiger partial charge is 0.242 e. The second-order valence-corrected chi connectivity index (χ2v) is 6.55. The van der Waals surface area contributed by atoms with Crippen LogP contribution in [0.25, 0.3) is 0 Å². The van der Waals surface area contributed by atoms with Crippen LogP contribution >= 0.6 is 0 Å². The zero-order valence-electron chi connectivity index (χ0n) is 15.4. The molecule has 8 heteroatoms. The summed E-state index contributed by atoms with van der Waals surface area (Å²) in [6.07, 6.45) is 0. The number of anilines is 2. The van der Waals surface area contributed by atoms with E-state index in [0.29, 0.717) is 32.2 Å². The van der Waals surface area contributed by atoms with Crippen molar-refractivity contribution in [3.05, 3.63) is 59.9 Å². The highest BCUT2D eigenvalue weighted by Crippen LogP contribution is 2.21. The normalized spacial score (nSPS) is 14.1. The average Bonchev–Trinajstić information content (AvgIpc) is 2.67. The molecule has 1 aliphatic rings. The Morgan fingerprint density at radius 3 is 2.11 bits per heavy atom. The van der Waals surface area contributed by atoms with E-state index in [2.05, 4.69) is 0 Å². The summed E-state index contributed by atoms with van der Waals surface area (Å²) in [5.74, 6) is -2.80. The second kappa shape index (κ2) is 8.33. The fraction of sp³-hybridized carbons (Fsp3) is 0.300. The summed E-state index contributed by atoms with van der Waals surface area (Å²) in [6.45, 7) is 2.86. The van der Waals surface area contributed by atoms with Crippen molar-refractivity contribution in [2.75, 3.05) is 42.5 Å². The lowest BCUT2D eigenvalue weighted by atomic mass is 10.2. The standard InChI is InChI=1S/C20H20F3N3O2/c1-14(27)26(19-7-4-16(22)12-18(19)23)13-20(28)25-10-8-24(9-11-25)17-5-2-15(21)3-6-17/h2-7,12H,8-11,13H2,1H3. The summed E-state index contributed by atoms with van der Waals surface area (Å²) in [5.41, 5.74) is 0.736. The average molecular weight is 391 g/mol. The Bertz CT molecular complexity index is 865. The monoisotopic (exact) mass is 391 g/mol. The van der Waals surface area contributed by atoms with E-state index in [-0.39, 0.29) is 24.0 Å². The van der Waals surface area contributed by atoms with Gasteiger partial charge in [0.2, 0.25) is 11.8 Å². The first kappa shape index (κ1) is 19.7. The minimum absolute atomic E-state index is 0.132. The Morgan fingerprint density at radius 2 is 1.54 bits per heavy atom. The minimum Gasteiger partial charge on any atom is -0.368 e. The van der Waals surface area contributed by atoms with E-state index in [1.807, 2.05) is 4.90 Å². The van der Waals surface area contributed by atoms with Crippen molar-refractivity contribution < 1.29 is 22.8 Å². The van der Waals surface area contributed by atoms with Gasteiger partial charge in [0.1, 0.15) is 24.0 Å². The quantitative estimate of drug-likeness (QED) is 0.805. The lowest BCUT2D eigenvalue weighted by molar-refractivity contribution is -0.131. The number of amides is 2. The summed E-state index contributed by atoms with van der Waals surface area (Å²) >= 11 is 0. The molecular weight excluding hydrogens is 371 g/mol. The van der Waals surface area contributed by atoms with Crippen LogP contribution in [0.15, 0.2) is 42.5 Å². The van der Waals surface area contributed by atoms with Gasteiger partial charge in [0.15, 0.2) is 0 Å². The van der Waals surface area contributed by atoms with E-state index in [1.54, 1.807) is 17.0 Å². The third kappa shape index (κ3) is 4.44. The highest BCUT2D eigenvalue weighted by atomic mass is 19.1. The number of halogens is 3. The van der Waals surface area contributed by atoms with Gasteiger partial charge in [0, 0.05) is 44.9 Å². The van der Waals surface area contributed by atoms with Crippen LogP contribution in [0, 0.1) is 17.5 Å². The van der Waals surface area contributed by atoms with E-state index in [9.17, 15) is 22.8 Å². The predicted molar refractivity (Wildman–Crippen MR) is 99.6 cm³/mol. The van der Waals surface area contributed by atoms with Crippen LogP contribution in [-0.2, 0) is 9.59 Å². The molecule has 1 aliphatic heterocycles. The van der Waals surface area contributed by atoms with Crippen LogP contribution in [0.5, 0.6) is 0 Å². The molecule has 0 spiro atoms. The Kier molecular flexibility index (Phi) is 5.87. The number of hydrogen-bond acceptors (Lipinski definition) is 3. The Hall–Kier alpha value is -3.03. The van der Waals surface area contributed by atoms with Gasteiger partial charge < -0.3 is 14.7 Å². The van der Waals surface area contributed by atoms with Crippen LogP contribution in [-0.4, -0.2) is 49.4 Å². The molecule has 28 heavy (non-hydrogen) atoms. The van der Waals surface area contributed by atoms with E-state index in [1.165, 1.54) is 19.1 Å². The maximum atomic E-state index is 14.0. The van der Waals surface area contributed by atoms with Crippen molar-refractivity contribution in [3.8, 4) is 0 Å². The lowest BCUT2D eigenvalue weighted by Crippen LogP contribution is -2.52. The zero-order valence-corrected chi connectivity index (χ0v) is 15.4. The summed E-state index contributed by atoms with van der Waals surface area (Å²) in [4.78, 5) is 29.2. The Balaban J connectivity index is 1.63. The van der Waals surface area contributed by atoms with Gasteiger partial charge in [-0.2, -0.15) is 0 Å². The van der Waals surface area contributed by atoms with Gasteiger partial charge in [0.05, 0.1) is 5.69 Å². The molecule has 0 saturated carbocycles. The number of benzene rings is 2. The van der Waals surface area contributed by atoms with Crippen LogP contribution in [0.4, 0.5) is 24.5 Å². The molecule has 0 atom stereocenters. The predicted octanol–water partition coefficient (Wildman–Crippen LogP) is 2.81. The number of nitrogens with zero attached hydrogens (tertiary/aromatic N) is 3. The van der Waals surface area contributed by atoms with E-state index >= 15 is 0 Å². The van der Waals surface area contributed by atoms with Crippen molar-refractivity contribution in [1.29, 1.82) is 0 Å². The molecule has 0 radical (unpaired) electrons. The van der Waals surface area contributed by atoms with Crippen molar-refractivity contribution in [3.63, 3.8) is 0 Å². The van der Waals surface area contributed by atoms with Crippen LogP contribution < -0.4 is 9.80 Å². The third-order valence-electron chi connectivity index (χ3n) is 4.70. The van der Waals surface area contributed by atoms with Gasteiger partial charge in [-0.25, -0.2) is 13.2 Å². The van der Waals surface area contributed by atoms with Gasteiger partial charge in [-0.1, -0.05) is 0 Å². The molecule has 1 fully saturated rings. The second-order valence-electron chi connectivity index (χ2n) is 6.55. The number of hydrogen-bond donors (Lipinski definition) is 0. The molecule has 2 amide bonds. The molecule has 0 N–H and O–H groups in total. The molecule has 2 aromatic carbocycles. The summed E-state index contributed by atoms with van der Waals surface area (Å²) in [5, 5.41) is 0. The lowest BCUT2D eigenvalue weighted by Gasteiger charge is -2.37. The highest BCUT2D eigenvalue weighted by Gasteiger charge is 2.25. The van der Waals surface area contributed by atoms with Crippen molar-refractivity contribution in [2.24, 2.45) is 0 Å². The minimum atomic E-state index is -0.899. The van der Waals surface area contributed by atoms with E-state index in [0.717, 1.165) is 22.7 Å². The van der Waals surface area contributed by atoms with Crippen molar-refractivity contribution >= 4 is 23.2 Å². The maximum Gasteiger partial charge on any atom is 0.242 e. The summed E-state index contributed by atoms with van der Waals surface area (Å²) in [6, 6.07) is 9.00. The number of carbonyl (C=O) groups is 2. The molecule has 0 aromatic heterocycles. The van der Waals surface area contributed by atoms with Gasteiger partial charge in [-0.05, 0) is 36.4 Å². The molecule has 3 rings (SSSR count). The van der Waals surface area contributed by atoms with Gasteiger partial charge in [-0.3, -0.25) is 9.59 Å². The maximum absolute atomic E-state index is 14.0. The number of rotatable bonds is 4. The largest absolute Gasteiger partial charge is 0.368 e. The van der Waals surface area contributed by atoms with Gasteiger partial charge in [-0.15, -0.1) is 0 Å². The summed E-state index contributed by atoms with van der Waals surface area (Å²) in [7, 11) is 0. The SMILES string of the molecule is CC(=O)N(CC(=O)N1CCN(c2ccc(F)cc2)CC1)c1ccc(F)cc1F. The van der Waals surface area contributed by atoms with Crippen LogP contribution in [0.1, 0.15) is 6.92 Å². The zero-order chi connectivity index (χ0) is 20.3. The van der Waals surface area contributed by atoms with Gasteiger partial charge in [0.25, 0.3) is 0 Å². The topological polar surface area (TPSA) is 43.9 Å². The third-order valence-corrected chi connectivity index (χ3v) is 4.70. The van der Waals surface area contributed by atoms with E-state index < -0.39 is 17.5 Å². The van der Waals surface area contributed by atoms with Gasteiger partial charge >= 0.3 is 0 Å². The molecule has 0 bridgehead atoms. The molecule has 0 unspecified atom stereocenters. The fourth-order valence-electron chi connectivity index (χ4n) is 3.17. The van der Waals surface area contributed by atoms with Crippen LogP contribution in [0.2, 0.25) is 0 Å². The molecule has 0 aliphatic carbocycles. The highest BCUT2D eigenvalue weighted by molar-refractivity contribution is 5.97. The molecule has 148 valence electrons. The molecule has 1 heterocycles. The first-order chi connectivity index (χ1) is 13.3. The fourth-order valence-corrected chi connectivity index (χ4v) is 3.17. The first-order valence-electron chi connectivity index (χ1n) is 8.86. The van der Waals surface area contributed by atoms with Crippen molar-refractivity contribution in [2.45, 2.75) is 6.92 Å². The molecule has 1 saturated heterocycles. The van der Waals surface area contributed by atoms with Crippen molar-refractivity contribution in [1.82, 2.24) is 4.90 Å². The first-order valence-corrected chi connectivity index (χ1v) is 8.86.